The van der Waals surface area contributed by atoms with Gasteiger partial charge >= 0.3 is 0 Å². The van der Waals surface area contributed by atoms with Gasteiger partial charge in [-0.05, 0) is 56.7 Å². The standard InChI is InChI=1S/C26H28N6O2/c1-17-11-18(2)13-21(12-17)25(34)30-22-6-4-5-20(14-22)15-24-27-9-10-32(24)23-7-8-28-26(31-23)29-16-19(3)33/h4-14,19,33H,15-16H2,1-3H3,(H,30,34)(H,28,29,31)/t19-/m0/s1. The molecule has 0 aliphatic rings. The highest BCUT2D eigenvalue weighted by atomic mass is 16.3. The highest BCUT2D eigenvalue weighted by molar-refractivity contribution is 6.04. The van der Waals surface area contributed by atoms with Crippen LogP contribution in [-0.4, -0.2) is 43.2 Å². The maximum Gasteiger partial charge on any atom is 0.255 e. The molecule has 0 radical (unpaired) electrons. The van der Waals surface area contributed by atoms with Crippen LogP contribution in [0.4, 0.5) is 11.6 Å². The molecule has 8 nitrogen and oxygen atoms in total. The number of aliphatic hydroxyl groups is 1. The molecule has 2 aromatic heterocycles. The van der Waals surface area contributed by atoms with Gasteiger partial charge in [-0.3, -0.25) is 9.36 Å². The van der Waals surface area contributed by atoms with Crippen molar-refractivity contribution in [2.24, 2.45) is 0 Å². The molecule has 8 heteroatoms. The van der Waals surface area contributed by atoms with Crippen LogP contribution in [0.15, 0.2) is 67.1 Å². The van der Waals surface area contributed by atoms with Gasteiger partial charge in [0.1, 0.15) is 11.6 Å². The largest absolute Gasteiger partial charge is 0.392 e. The van der Waals surface area contributed by atoms with Gasteiger partial charge in [0.05, 0.1) is 6.10 Å². The van der Waals surface area contributed by atoms with Gasteiger partial charge in [-0.1, -0.05) is 29.3 Å². The van der Waals surface area contributed by atoms with Gasteiger partial charge in [-0.25, -0.2) is 9.97 Å². The lowest BCUT2D eigenvalue weighted by Gasteiger charge is -2.11. The Bertz CT molecular complexity index is 1280. The molecule has 2 heterocycles. The van der Waals surface area contributed by atoms with Crippen molar-refractivity contribution in [3.05, 3.63) is 95.2 Å². The maximum absolute atomic E-state index is 12.7. The number of anilines is 2. The van der Waals surface area contributed by atoms with Crippen LogP contribution in [0.25, 0.3) is 5.82 Å². The van der Waals surface area contributed by atoms with E-state index in [2.05, 4.69) is 25.6 Å². The summed E-state index contributed by atoms with van der Waals surface area (Å²) < 4.78 is 1.90. The molecule has 2 aromatic carbocycles. The molecular weight excluding hydrogens is 428 g/mol. The van der Waals surface area contributed by atoms with Gasteiger partial charge in [0.25, 0.3) is 5.91 Å². The Labute approximate surface area is 198 Å². The number of aromatic nitrogens is 4. The van der Waals surface area contributed by atoms with Crippen molar-refractivity contribution in [3.8, 4) is 5.82 Å². The van der Waals surface area contributed by atoms with Gasteiger partial charge in [0.15, 0.2) is 0 Å². The van der Waals surface area contributed by atoms with Crippen molar-refractivity contribution in [2.45, 2.75) is 33.3 Å². The first-order chi connectivity index (χ1) is 16.4. The smallest absolute Gasteiger partial charge is 0.255 e. The molecule has 0 aliphatic heterocycles. The number of aliphatic hydroxyl groups excluding tert-OH is 1. The van der Waals surface area contributed by atoms with Crippen molar-refractivity contribution < 1.29 is 9.90 Å². The summed E-state index contributed by atoms with van der Waals surface area (Å²) >= 11 is 0. The third-order valence-electron chi connectivity index (χ3n) is 5.19. The molecule has 34 heavy (non-hydrogen) atoms. The first-order valence-corrected chi connectivity index (χ1v) is 11.1. The minimum atomic E-state index is -0.501. The number of rotatable bonds is 8. The summed E-state index contributed by atoms with van der Waals surface area (Å²) in [7, 11) is 0. The lowest BCUT2D eigenvalue weighted by Crippen LogP contribution is -2.17. The van der Waals surface area contributed by atoms with Gasteiger partial charge in [-0.2, -0.15) is 4.98 Å². The van der Waals surface area contributed by atoms with E-state index in [1.54, 1.807) is 25.4 Å². The highest BCUT2D eigenvalue weighted by Crippen LogP contribution is 2.18. The highest BCUT2D eigenvalue weighted by Gasteiger charge is 2.11. The lowest BCUT2D eigenvalue weighted by molar-refractivity contribution is 0.102. The molecule has 1 atom stereocenters. The first-order valence-electron chi connectivity index (χ1n) is 11.1. The van der Waals surface area contributed by atoms with Crippen molar-refractivity contribution >= 4 is 17.5 Å². The molecular formula is C26H28N6O2. The fraction of sp³-hybridized carbons (Fsp3) is 0.231. The van der Waals surface area contributed by atoms with Crippen molar-refractivity contribution in [1.82, 2.24) is 19.5 Å². The molecule has 0 saturated heterocycles. The number of benzene rings is 2. The fourth-order valence-electron chi connectivity index (χ4n) is 3.73. The van der Waals surface area contributed by atoms with Crippen molar-refractivity contribution in [1.29, 1.82) is 0 Å². The summed E-state index contributed by atoms with van der Waals surface area (Å²) in [6.45, 7) is 6.02. The third kappa shape index (κ3) is 5.85. The summed E-state index contributed by atoms with van der Waals surface area (Å²) in [6.07, 6.45) is 5.30. The second-order valence-electron chi connectivity index (χ2n) is 8.39. The second kappa shape index (κ2) is 10.3. The van der Waals surface area contributed by atoms with E-state index in [0.717, 1.165) is 28.2 Å². The summed E-state index contributed by atoms with van der Waals surface area (Å²) in [5.41, 5.74) is 4.49. The summed E-state index contributed by atoms with van der Waals surface area (Å²) in [5, 5.41) is 15.5. The molecule has 0 aliphatic carbocycles. The van der Waals surface area contributed by atoms with E-state index in [0.29, 0.717) is 30.3 Å². The van der Waals surface area contributed by atoms with Crippen LogP contribution >= 0.6 is 0 Å². The average molecular weight is 457 g/mol. The van der Waals surface area contributed by atoms with E-state index in [-0.39, 0.29) is 5.91 Å². The molecule has 0 saturated carbocycles. The quantitative estimate of drug-likeness (QED) is 0.371. The Kier molecular flexibility index (Phi) is 6.98. The van der Waals surface area contributed by atoms with Crippen LogP contribution in [0.2, 0.25) is 0 Å². The number of carbonyl (C=O) groups is 1. The molecule has 0 unspecified atom stereocenters. The third-order valence-corrected chi connectivity index (χ3v) is 5.19. The Morgan fingerprint density at radius 3 is 2.62 bits per heavy atom. The predicted molar refractivity (Wildman–Crippen MR) is 132 cm³/mol. The fourth-order valence-corrected chi connectivity index (χ4v) is 3.73. The average Bonchev–Trinajstić information content (AvgIpc) is 3.25. The van der Waals surface area contributed by atoms with Crippen LogP contribution in [0.1, 0.15) is 39.8 Å². The number of aryl methyl sites for hydroxylation is 2. The number of hydrogen-bond donors (Lipinski definition) is 3. The van der Waals surface area contributed by atoms with Crippen LogP contribution < -0.4 is 10.6 Å². The Morgan fingerprint density at radius 1 is 1.06 bits per heavy atom. The molecule has 4 aromatic rings. The zero-order valence-electron chi connectivity index (χ0n) is 19.5. The van der Waals surface area contributed by atoms with E-state index >= 15 is 0 Å². The van der Waals surface area contributed by atoms with Crippen LogP contribution in [0.3, 0.4) is 0 Å². The number of carbonyl (C=O) groups excluding carboxylic acids is 1. The number of amides is 1. The Balaban J connectivity index is 1.50. The van der Waals surface area contributed by atoms with Gasteiger partial charge in [-0.15, -0.1) is 0 Å². The van der Waals surface area contributed by atoms with Crippen LogP contribution in [0, 0.1) is 13.8 Å². The van der Waals surface area contributed by atoms with Crippen molar-refractivity contribution in [3.63, 3.8) is 0 Å². The minimum absolute atomic E-state index is 0.135. The van der Waals surface area contributed by atoms with Crippen LogP contribution in [-0.2, 0) is 6.42 Å². The first kappa shape index (κ1) is 23.1. The zero-order chi connectivity index (χ0) is 24.1. The van der Waals surface area contributed by atoms with Gasteiger partial charge in [0, 0.05) is 42.8 Å². The van der Waals surface area contributed by atoms with E-state index < -0.39 is 6.10 Å². The Hall–Kier alpha value is -4.04. The number of nitrogens with one attached hydrogen (secondary N) is 2. The van der Waals surface area contributed by atoms with Crippen LogP contribution in [0.5, 0.6) is 0 Å². The van der Waals surface area contributed by atoms with Crippen molar-refractivity contribution in [2.75, 3.05) is 17.2 Å². The van der Waals surface area contributed by atoms with E-state index in [1.807, 2.05) is 67.1 Å². The number of hydrogen-bond acceptors (Lipinski definition) is 6. The number of nitrogens with zero attached hydrogens (tertiary/aromatic N) is 4. The summed E-state index contributed by atoms with van der Waals surface area (Å²) in [6, 6.07) is 15.4. The van der Waals surface area contributed by atoms with E-state index in [4.69, 9.17) is 0 Å². The molecule has 1 amide bonds. The monoisotopic (exact) mass is 456 g/mol. The maximum atomic E-state index is 12.7. The van der Waals surface area contributed by atoms with E-state index in [9.17, 15) is 9.90 Å². The molecule has 0 bridgehead atoms. The zero-order valence-corrected chi connectivity index (χ0v) is 19.5. The summed E-state index contributed by atoms with van der Waals surface area (Å²) in [4.78, 5) is 26.0. The SMILES string of the molecule is Cc1cc(C)cc(C(=O)Nc2cccc(Cc3nccn3-c3ccnc(NC[C@H](C)O)n3)c2)c1. The predicted octanol–water partition coefficient (Wildman–Crippen LogP) is 3.91. The molecule has 174 valence electrons. The second-order valence-corrected chi connectivity index (χ2v) is 8.39. The molecule has 3 N–H and O–H groups in total. The minimum Gasteiger partial charge on any atom is -0.392 e. The molecule has 0 fully saturated rings. The van der Waals surface area contributed by atoms with Gasteiger partial charge in [0.2, 0.25) is 5.95 Å². The normalized spacial score (nSPS) is 11.8. The number of imidazole rings is 1. The lowest BCUT2D eigenvalue weighted by atomic mass is 10.1. The summed E-state index contributed by atoms with van der Waals surface area (Å²) in [5.74, 6) is 1.78. The topological polar surface area (TPSA) is 105 Å². The molecule has 0 spiro atoms. The van der Waals surface area contributed by atoms with E-state index in [1.165, 1.54) is 0 Å². The Morgan fingerprint density at radius 2 is 1.85 bits per heavy atom. The molecule has 4 rings (SSSR count). The van der Waals surface area contributed by atoms with Gasteiger partial charge < -0.3 is 15.7 Å².